The lowest BCUT2D eigenvalue weighted by Crippen LogP contribution is -2.27. The highest BCUT2D eigenvalue weighted by Gasteiger charge is 2.12. The first-order valence-electron chi connectivity index (χ1n) is 10.4. The van der Waals surface area contributed by atoms with Crippen molar-refractivity contribution in [1.82, 2.24) is 10.2 Å². The van der Waals surface area contributed by atoms with Gasteiger partial charge in [0.1, 0.15) is 6.61 Å². The Hall–Kier alpha value is -1.17. The quantitative estimate of drug-likeness (QED) is 0.339. The van der Waals surface area contributed by atoms with Crippen LogP contribution in [0.25, 0.3) is 0 Å². The van der Waals surface area contributed by atoms with Crippen LogP contribution in [0, 0.1) is 0 Å². The first-order valence-corrected chi connectivity index (χ1v) is 11.6. The van der Waals surface area contributed by atoms with E-state index in [0.29, 0.717) is 46.3 Å². The molecule has 0 atom stereocenters. The predicted octanol–water partition coefficient (Wildman–Crippen LogP) is 6.45. The smallest absolute Gasteiger partial charge is 0.163 e. The number of hydrogen-bond donors (Lipinski definition) is 1. The van der Waals surface area contributed by atoms with Gasteiger partial charge in [-0.25, -0.2) is 0 Å². The van der Waals surface area contributed by atoms with Gasteiger partial charge in [0.15, 0.2) is 11.5 Å². The van der Waals surface area contributed by atoms with Crippen molar-refractivity contribution < 1.29 is 9.47 Å². The second-order valence-electron chi connectivity index (χ2n) is 6.90. The fourth-order valence-corrected chi connectivity index (χ4v) is 3.76. The Morgan fingerprint density at radius 1 is 0.867 bits per heavy atom. The van der Waals surface area contributed by atoms with Gasteiger partial charge >= 0.3 is 0 Å². The summed E-state index contributed by atoms with van der Waals surface area (Å²) in [5, 5.41) is 5.27. The minimum atomic E-state index is 0.301. The third-order valence-electron chi connectivity index (χ3n) is 4.85. The summed E-state index contributed by atoms with van der Waals surface area (Å²) in [5.41, 5.74) is 1.83. The van der Waals surface area contributed by atoms with E-state index in [9.17, 15) is 0 Å². The van der Waals surface area contributed by atoms with Gasteiger partial charge in [-0.2, -0.15) is 0 Å². The molecule has 0 unspecified atom stereocenters. The van der Waals surface area contributed by atoms with E-state index in [1.807, 2.05) is 25.1 Å². The van der Waals surface area contributed by atoms with Crippen LogP contribution in [0.2, 0.25) is 15.1 Å². The van der Waals surface area contributed by atoms with Gasteiger partial charge in [0.25, 0.3) is 0 Å². The topological polar surface area (TPSA) is 33.7 Å². The molecule has 0 aliphatic heterocycles. The van der Waals surface area contributed by atoms with Crippen LogP contribution in [-0.4, -0.2) is 37.7 Å². The molecular formula is C23H31Cl3N2O2. The van der Waals surface area contributed by atoms with E-state index in [0.717, 1.165) is 43.7 Å². The molecule has 0 aliphatic carbocycles. The second-order valence-corrected chi connectivity index (χ2v) is 8.16. The van der Waals surface area contributed by atoms with Gasteiger partial charge < -0.3 is 19.7 Å². The normalized spacial score (nSPS) is 11.2. The van der Waals surface area contributed by atoms with Crippen LogP contribution in [0.1, 0.15) is 38.3 Å². The van der Waals surface area contributed by atoms with Crippen LogP contribution < -0.4 is 14.8 Å². The summed E-state index contributed by atoms with van der Waals surface area (Å²) in [4.78, 5) is 2.42. The zero-order valence-electron chi connectivity index (χ0n) is 17.9. The molecule has 2 aromatic rings. The minimum absolute atomic E-state index is 0.301. The molecule has 1 N–H and O–H groups in total. The van der Waals surface area contributed by atoms with Gasteiger partial charge in [0.05, 0.1) is 6.61 Å². The maximum absolute atomic E-state index is 6.52. The molecule has 0 aliphatic rings. The van der Waals surface area contributed by atoms with E-state index in [2.05, 4.69) is 24.1 Å². The average molecular weight is 474 g/mol. The van der Waals surface area contributed by atoms with Gasteiger partial charge in [-0.05, 0) is 63.3 Å². The summed E-state index contributed by atoms with van der Waals surface area (Å²) < 4.78 is 11.7. The SMILES string of the molecule is CCOc1cc(CNCCCN(CC)CC)c(Cl)cc1OCc1ccc(Cl)cc1Cl. The van der Waals surface area contributed by atoms with Gasteiger partial charge in [-0.3, -0.25) is 0 Å². The van der Waals surface area contributed by atoms with Crippen LogP contribution in [0.3, 0.4) is 0 Å². The van der Waals surface area contributed by atoms with Crippen LogP contribution in [0.5, 0.6) is 11.5 Å². The Morgan fingerprint density at radius 2 is 1.57 bits per heavy atom. The highest BCUT2D eigenvalue weighted by Crippen LogP contribution is 2.35. The van der Waals surface area contributed by atoms with Crippen molar-refractivity contribution in [1.29, 1.82) is 0 Å². The maximum atomic E-state index is 6.52. The third-order valence-corrected chi connectivity index (χ3v) is 5.79. The average Bonchev–Trinajstić information content (AvgIpc) is 2.72. The van der Waals surface area contributed by atoms with Crippen molar-refractivity contribution >= 4 is 34.8 Å². The maximum Gasteiger partial charge on any atom is 0.163 e. The van der Waals surface area contributed by atoms with Crippen LogP contribution in [-0.2, 0) is 13.2 Å². The zero-order chi connectivity index (χ0) is 21.9. The molecule has 0 saturated heterocycles. The molecule has 0 saturated carbocycles. The van der Waals surface area contributed by atoms with Gasteiger partial charge in [-0.15, -0.1) is 0 Å². The molecule has 0 fully saturated rings. The molecule has 0 amide bonds. The second kappa shape index (κ2) is 13.3. The van der Waals surface area contributed by atoms with Crippen molar-refractivity contribution in [3.8, 4) is 11.5 Å². The highest BCUT2D eigenvalue weighted by atomic mass is 35.5. The van der Waals surface area contributed by atoms with E-state index in [-0.39, 0.29) is 0 Å². The van der Waals surface area contributed by atoms with Gasteiger partial charge in [-0.1, -0.05) is 54.7 Å². The molecule has 0 radical (unpaired) electrons. The van der Waals surface area contributed by atoms with E-state index >= 15 is 0 Å². The monoisotopic (exact) mass is 472 g/mol. The first-order chi connectivity index (χ1) is 14.5. The summed E-state index contributed by atoms with van der Waals surface area (Å²) in [6, 6.07) is 9.10. The molecule has 30 heavy (non-hydrogen) atoms. The van der Waals surface area contributed by atoms with Crippen LogP contribution in [0.15, 0.2) is 30.3 Å². The molecule has 0 spiro atoms. The molecule has 7 heteroatoms. The van der Waals surface area contributed by atoms with Crippen molar-refractivity contribution in [3.63, 3.8) is 0 Å². The largest absolute Gasteiger partial charge is 0.490 e. The Labute approximate surface area is 195 Å². The van der Waals surface area contributed by atoms with Gasteiger partial charge in [0, 0.05) is 33.2 Å². The Balaban J connectivity index is 1.98. The van der Waals surface area contributed by atoms with Crippen molar-refractivity contribution in [2.75, 3.05) is 32.8 Å². The molecule has 0 heterocycles. The molecule has 0 bridgehead atoms. The summed E-state index contributed by atoms with van der Waals surface area (Å²) in [7, 11) is 0. The van der Waals surface area contributed by atoms with Crippen molar-refractivity contribution in [3.05, 3.63) is 56.5 Å². The fraction of sp³-hybridized carbons (Fsp3) is 0.478. The van der Waals surface area contributed by atoms with Crippen LogP contribution in [0.4, 0.5) is 0 Å². The Bertz CT molecular complexity index is 798. The zero-order valence-corrected chi connectivity index (χ0v) is 20.2. The van der Waals surface area contributed by atoms with E-state index < -0.39 is 0 Å². The minimum Gasteiger partial charge on any atom is -0.490 e. The number of nitrogens with one attached hydrogen (secondary N) is 1. The van der Waals surface area contributed by atoms with E-state index in [1.165, 1.54) is 0 Å². The molecule has 166 valence electrons. The molecule has 2 rings (SSSR count). The Kier molecular flexibility index (Phi) is 11.1. The number of ether oxygens (including phenoxy) is 2. The van der Waals surface area contributed by atoms with E-state index in [1.54, 1.807) is 12.1 Å². The lowest BCUT2D eigenvalue weighted by Gasteiger charge is -2.18. The predicted molar refractivity (Wildman–Crippen MR) is 128 cm³/mol. The molecule has 4 nitrogen and oxygen atoms in total. The number of nitrogens with zero attached hydrogens (tertiary/aromatic N) is 1. The molecule has 2 aromatic carbocycles. The number of benzene rings is 2. The number of halogens is 3. The van der Waals surface area contributed by atoms with E-state index in [4.69, 9.17) is 44.3 Å². The molecular weight excluding hydrogens is 443 g/mol. The Morgan fingerprint density at radius 3 is 2.23 bits per heavy atom. The van der Waals surface area contributed by atoms with Crippen molar-refractivity contribution in [2.45, 2.75) is 40.3 Å². The highest BCUT2D eigenvalue weighted by molar-refractivity contribution is 6.35. The third kappa shape index (κ3) is 7.82. The van der Waals surface area contributed by atoms with Crippen molar-refractivity contribution in [2.24, 2.45) is 0 Å². The number of hydrogen-bond acceptors (Lipinski definition) is 4. The lowest BCUT2D eigenvalue weighted by atomic mass is 10.2. The summed E-state index contributed by atoms with van der Waals surface area (Å²) in [5.74, 6) is 1.27. The first kappa shape index (κ1) is 25.1. The fourth-order valence-electron chi connectivity index (χ4n) is 3.08. The lowest BCUT2D eigenvalue weighted by molar-refractivity contribution is 0.269. The summed E-state index contributed by atoms with van der Waals surface area (Å²) in [6.07, 6.45) is 1.10. The summed E-state index contributed by atoms with van der Waals surface area (Å²) in [6.45, 7) is 12.0. The summed E-state index contributed by atoms with van der Waals surface area (Å²) >= 11 is 18.7. The number of rotatable bonds is 13. The standard InChI is InChI=1S/C23H31Cl3N2O2/c1-4-28(5-2)11-7-10-27-15-18-12-22(29-6-3)23(14-21(18)26)30-16-17-8-9-19(24)13-20(17)25/h8-9,12-14,27H,4-7,10-11,15-16H2,1-3H3. The van der Waals surface area contributed by atoms with Gasteiger partial charge in [0.2, 0.25) is 0 Å². The molecule has 0 aromatic heterocycles. The van der Waals surface area contributed by atoms with Crippen LogP contribution >= 0.6 is 34.8 Å².